The molecule has 0 atom stereocenters. The highest BCUT2D eigenvalue weighted by Gasteiger charge is 2.07. The second kappa shape index (κ2) is 6.65. The molecule has 1 radical (unpaired) electrons. The number of nitrogens with zero attached hydrogens (tertiary/aromatic N) is 1. The van der Waals surface area contributed by atoms with Crippen LogP contribution in [0.5, 0.6) is 5.75 Å². The van der Waals surface area contributed by atoms with E-state index in [9.17, 15) is 8.78 Å². The van der Waals surface area contributed by atoms with Crippen molar-refractivity contribution in [2.75, 3.05) is 7.11 Å². The van der Waals surface area contributed by atoms with Crippen molar-refractivity contribution in [3.05, 3.63) is 65.2 Å². The van der Waals surface area contributed by atoms with Gasteiger partial charge in [-0.15, -0.1) is 0 Å². The molecule has 0 aliphatic carbocycles. The molecule has 0 saturated carbocycles. The maximum Gasteiger partial charge on any atom is 0.165 e. The van der Waals surface area contributed by atoms with E-state index in [0.29, 0.717) is 11.3 Å². The van der Waals surface area contributed by atoms with Crippen LogP contribution in [-0.4, -0.2) is 13.3 Å². The monoisotopic (exact) mass is 276 g/mol. The third kappa shape index (κ3) is 3.54. The summed E-state index contributed by atoms with van der Waals surface area (Å²) < 4.78 is 31.3. The highest BCUT2D eigenvalue weighted by Crippen LogP contribution is 2.13. The third-order valence-electron chi connectivity index (χ3n) is 2.56. The average Bonchev–Trinajstić information content (AvgIpc) is 2.48. The van der Waals surface area contributed by atoms with E-state index < -0.39 is 11.6 Å². The molecule has 20 heavy (non-hydrogen) atoms. The van der Waals surface area contributed by atoms with Gasteiger partial charge in [0.05, 0.1) is 7.11 Å². The van der Waals surface area contributed by atoms with E-state index in [1.54, 1.807) is 31.4 Å². The first-order valence-electron chi connectivity index (χ1n) is 5.85. The van der Waals surface area contributed by atoms with Crippen molar-refractivity contribution >= 4 is 6.21 Å². The number of rotatable bonds is 5. The Hall–Kier alpha value is -2.43. The minimum Gasteiger partial charge on any atom is -0.497 e. The molecule has 0 aliphatic rings. The van der Waals surface area contributed by atoms with Crippen molar-refractivity contribution in [2.24, 2.45) is 5.16 Å². The minimum atomic E-state index is -0.927. The molecular weight excluding hydrogens is 264 g/mol. The van der Waals surface area contributed by atoms with Gasteiger partial charge in [0.2, 0.25) is 0 Å². The summed E-state index contributed by atoms with van der Waals surface area (Å²) in [5.74, 6) is -1.17. The van der Waals surface area contributed by atoms with E-state index in [4.69, 9.17) is 9.57 Å². The van der Waals surface area contributed by atoms with Gasteiger partial charge in [0.1, 0.15) is 18.6 Å². The maximum atomic E-state index is 13.3. The van der Waals surface area contributed by atoms with Gasteiger partial charge in [0.25, 0.3) is 0 Å². The predicted octanol–water partition coefficient (Wildman–Crippen LogP) is 3.40. The lowest BCUT2D eigenvalue weighted by Gasteiger charge is -2.02. The van der Waals surface area contributed by atoms with Crippen LogP contribution in [0, 0.1) is 11.6 Å². The highest BCUT2D eigenvalue weighted by atomic mass is 19.2. The van der Waals surface area contributed by atoms with Crippen LogP contribution in [0.1, 0.15) is 11.1 Å². The minimum absolute atomic E-state index is 0.0983. The molecule has 0 heterocycles. The molecule has 2 aromatic rings. The first kappa shape index (κ1) is 14.0. The van der Waals surface area contributed by atoms with Gasteiger partial charge in [-0.05, 0) is 18.2 Å². The van der Waals surface area contributed by atoms with E-state index >= 15 is 0 Å². The molecule has 0 fully saturated rings. The molecule has 0 aromatic heterocycles. The van der Waals surface area contributed by atoms with Crippen molar-refractivity contribution < 1.29 is 18.4 Å². The summed E-state index contributed by atoms with van der Waals surface area (Å²) in [6.45, 7) is -0.166. The summed E-state index contributed by atoms with van der Waals surface area (Å²) >= 11 is 0. The summed E-state index contributed by atoms with van der Waals surface area (Å²) in [5, 5.41) is 3.59. The maximum absolute atomic E-state index is 13.3. The molecule has 0 spiro atoms. The summed E-state index contributed by atoms with van der Waals surface area (Å²) in [6, 6.07) is 10.9. The first-order chi connectivity index (χ1) is 9.70. The van der Waals surface area contributed by atoms with Crippen LogP contribution >= 0.6 is 0 Å². The molecule has 0 aliphatic heterocycles. The molecule has 0 bridgehead atoms. The Labute approximate surface area is 115 Å². The smallest absolute Gasteiger partial charge is 0.165 e. The van der Waals surface area contributed by atoms with Crippen molar-refractivity contribution in [3.63, 3.8) is 0 Å². The Kier molecular flexibility index (Phi) is 4.65. The lowest BCUT2D eigenvalue weighted by molar-refractivity contribution is 0.129. The number of hydrogen-bond acceptors (Lipinski definition) is 3. The van der Waals surface area contributed by atoms with E-state index in [1.807, 2.05) is 0 Å². The van der Waals surface area contributed by atoms with Crippen molar-refractivity contribution in [3.8, 4) is 5.75 Å². The summed E-state index contributed by atoms with van der Waals surface area (Å²) in [7, 11) is 1.56. The largest absolute Gasteiger partial charge is 0.497 e. The molecule has 3 nitrogen and oxygen atoms in total. The Morgan fingerprint density at radius 1 is 1.15 bits per heavy atom. The quantitative estimate of drug-likeness (QED) is 0.619. The average molecular weight is 276 g/mol. The Balaban J connectivity index is 1.95. The molecule has 0 N–H and O–H groups in total. The van der Waals surface area contributed by atoms with Crippen LogP contribution in [0.3, 0.4) is 0 Å². The number of ether oxygens (including phenoxy) is 1. The van der Waals surface area contributed by atoms with Crippen LogP contribution in [0.2, 0.25) is 0 Å². The Morgan fingerprint density at radius 2 is 1.95 bits per heavy atom. The standard InChI is InChI=1S/C15H12F2NO2/c1-19-13-6-2-4-11(8-13)9-18-20-10-12-5-3-7-14(16)15(12)17/h2-8H,10H2,1H3. The van der Waals surface area contributed by atoms with E-state index in [0.717, 1.165) is 6.07 Å². The molecular formula is C15H12F2NO2. The van der Waals surface area contributed by atoms with Crippen LogP contribution in [-0.2, 0) is 11.4 Å². The second-order valence-corrected chi connectivity index (χ2v) is 3.92. The van der Waals surface area contributed by atoms with Gasteiger partial charge in [-0.25, -0.2) is 8.78 Å². The molecule has 0 amide bonds. The van der Waals surface area contributed by atoms with Crippen LogP contribution in [0.15, 0.2) is 47.6 Å². The fourth-order valence-electron chi connectivity index (χ4n) is 1.54. The zero-order valence-corrected chi connectivity index (χ0v) is 10.8. The Morgan fingerprint density at radius 3 is 2.75 bits per heavy atom. The number of benzene rings is 2. The zero-order valence-electron chi connectivity index (χ0n) is 10.8. The molecule has 0 unspecified atom stereocenters. The highest BCUT2D eigenvalue weighted by molar-refractivity contribution is 5.79. The predicted molar refractivity (Wildman–Crippen MR) is 70.7 cm³/mol. The lowest BCUT2D eigenvalue weighted by atomic mass is 10.2. The van der Waals surface area contributed by atoms with Gasteiger partial charge in [-0.1, -0.05) is 29.4 Å². The summed E-state index contributed by atoms with van der Waals surface area (Å²) in [5.41, 5.74) is 0.755. The number of halogens is 2. The topological polar surface area (TPSA) is 30.8 Å². The van der Waals surface area contributed by atoms with Crippen LogP contribution in [0.4, 0.5) is 8.78 Å². The van der Waals surface area contributed by atoms with Gasteiger partial charge in [0, 0.05) is 11.1 Å². The summed E-state index contributed by atoms with van der Waals surface area (Å²) in [4.78, 5) is 4.90. The van der Waals surface area contributed by atoms with Gasteiger partial charge in [-0.3, -0.25) is 0 Å². The normalized spacial score (nSPS) is 10.8. The lowest BCUT2D eigenvalue weighted by Crippen LogP contribution is -1.95. The summed E-state index contributed by atoms with van der Waals surface area (Å²) in [6.07, 6.45) is 2.63. The SMILES string of the molecule is COc1cccc(/[C]=N\OCc2cccc(F)c2F)c1. The molecule has 103 valence electrons. The van der Waals surface area contributed by atoms with Crippen molar-refractivity contribution in [1.82, 2.24) is 0 Å². The van der Waals surface area contributed by atoms with Crippen molar-refractivity contribution in [1.29, 1.82) is 0 Å². The third-order valence-corrected chi connectivity index (χ3v) is 2.56. The van der Waals surface area contributed by atoms with E-state index in [-0.39, 0.29) is 12.2 Å². The molecule has 5 heteroatoms. The molecule has 2 aromatic carbocycles. The van der Waals surface area contributed by atoms with Gasteiger partial charge < -0.3 is 9.57 Å². The molecule has 0 saturated heterocycles. The van der Waals surface area contributed by atoms with Crippen LogP contribution in [0.25, 0.3) is 0 Å². The van der Waals surface area contributed by atoms with Crippen molar-refractivity contribution in [2.45, 2.75) is 6.61 Å². The number of methoxy groups -OCH3 is 1. The fourth-order valence-corrected chi connectivity index (χ4v) is 1.54. The van der Waals surface area contributed by atoms with E-state index in [1.165, 1.54) is 12.1 Å². The Bertz CT molecular complexity index is 615. The second-order valence-electron chi connectivity index (χ2n) is 3.92. The van der Waals surface area contributed by atoms with Crippen LogP contribution < -0.4 is 4.74 Å². The van der Waals surface area contributed by atoms with E-state index in [2.05, 4.69) is 11.4 Å². The zero-order chi connectivity index (χ0) is 14.4. The molecule has 2 rings (SSSR count). The van der Waals surface area contributed by atoms with Gasteiger partial charge in [0.15, 0.2) is 11.6 Å². The van der Waals surface area contributed by atoms with Gasteiger partial charge in [-0.2, -0.15) is 0 Å². The van der Waals surface area contributed by atoms with Gasteiger partial charge >= 0.3 is 0 Å². The fraction of sp³-hybridized carbons (Fsp3) is 0.133. The number of hydrogen-bond donors (Lipinski definition) is 0. The first-order valence-corrected chi connectivity index (χ1v) is 5.85.